The van der Waals surface area contributed by atoms with Gasteiger partial charge in [0, 0.05) is 11.0 Å². The van der Waals surface area contributed by atoms with Crippen LogP contribution in [0.2, 0.25) is 0 Å². The Hall–Kier alpha value is -4.03. The summed E-state index contributed by atoms with van der Waals surface area (Å²) in [5, 5.41) is 31.0. The van der Waals surface area contributed by atoms with Crippen LogP contribution in [0.5, 0.6) is 0 Å². The van der Waals surface area contributed by atoms with Crippen molar-refractivity contribution in [1.29, 1.82) is 0 Å². The van der Waals surface area contributed by atoms with Gasteiger partial charge in [-0.25, -0.2) is 4.98 Å². The van der Waals surface area contributed by atoms with E-state index in [0.29, 0.717) is 0 Å². The third kappa shape index (κ3) is 3.63. The molecule has 1 unspecified atom stereocenters. The molecule has 5 N–H and O–H groups in total. The lowest BCUT2D eigenvalue weighted by Gasteiger charge is -2.19. The first-order valence-corrected chi connectivity index (χ1v) is 14.3. The lowest BCUT2D eigenvalue weighted by atomic mass is 9.91. The molecule has 6 aromatic rings. The molecule has 12 nitrogen and oxygen atoms in total. The number of nitrogens with one attached hydrogen (secondary N) is 2. The molecule has 0 radical (unpaired) electrons. The van der Waals surface area contributed by atoms with E-state index in [9.17, 15) is 24.5 Å². The number of hydrogen-bond acceptors (Lipinski definition) is 9. The molecule has 2 aromatic heterocycles. The Labute approximate surface area is 231 Å². The highest BCUT2D eigenvalue weighted by atomic mass is 31.1. The van der Waals surface area contributed by atoms with Crippen molar-refractivity contribution in [1.82, 2.24) is 19.5 Å². The number of H-pyrrole nitrogens is 1. The number of rotatable bonds is 6. The summed E-state index contributed by atoms with van der Waals surface area (Å²) in [6.07, 6.45) is -1.76. The third-order valence-corrected chi connectivity index (χ3v) is 8.73. The number of ether oxygens (including phenoxy) is 1. The van der Waals surface area contributed by atoms with Crippen molar-refractivity contribution in [2.75, 3.05) is 11.9 Å². The minimum atomic E-state index is -2.90. The molecule has 2 aliphatic rings. The van der Waals surface area contributed by atoms with Gasteiger partial charge in [-0.2, -0.15) is 4.98 Å². The predicted octanol–water partition coefficient (Wildman–Crippen LogP) is 3.53. The Balaban J connectivity index is 1.19. The summed E-state index contributed by atoms with van der Waals surface area (Å²) in [5.41, 5.74) is 1.52. The van der Waals surface area contributed by atoms with Gasteiger partial charge >= 0.3 is 8.25 Å². The van der Waals surface area contributed by atoms with Gasteiger partial charge in [0.1, 0.15) is 24.5 Å². The van der Waals surface area contributed by atoms with Crippen molar-refractivity contribution in [3.63, 3.8) is 0 Å². The molecule has 1 aliphatic carbocycles. The van der Waals surface area contributed by atoms with E-state index >= 15 is 0 Å². The Bertz CT molecular complexity index is 2080. The summed E-state index contributed by atoms with van der Waals surface area (Å²) in [4.78, 5) is 33.7. The van der Waals surface area contributed by atoms with Gasteiger partial charge in [-0.15, -0.1) is 9.42 Å². The van der Waals surface area contributed by atoms with Crippen LogP contribution in [-0.4, -0.2) is 53.4 Å². The molecule has 0 amide bonds. The molecule has 6 atom stereocenters. The number of hydrogen-bond donors (Lipinski definition) is 5. The van der Waals surface area contributed by atoms with E-state index in [0.717, 1.165) is 43.4 Å². The quantitative estimate of drug-likeness (QED) is 0.147. The van der Waals surface area contributed by atoms with E-state index in [2.05, 4.69) is 38.5 Å². The molecule has 0 saturated carbocycles. The van der Waals surface area contributed by atoms with Gasteiger partial charge in [0.2, 0.25) is 5.95 Å². The van der Waals surface area contributed by atoms with Gasteiger partial charge < -0.3 is 20.3 Å². The number of aliphatic hydroxyl groups excluding tert-OH is 2. The second-order valence-electron chi connectivity index (χ2n) is 10.5. The van der Waals surface area contributed by atoms with Crippen LogP contribution in [-0.2, 0) is 13.8 Å². The van der Waals surface area contributed by atoms with Gasteiger partial charge in [0.05, 0.1) is 19.0 Å². The zero-order valence-corrected chi connectivity index (χ0v) is 22.2. The van der Waals surface area contributed by atoms with Crippen LogP contribution in [0.3, 0.4) is 0 Å². The maximum Gasteiger partial charge on any atom is 0.695 e. The molecule has 1 fully saturated rings. The minimum absolute atomic E-state index is 0.0759. The van der Waals surface area contributed by atoms with Crippen molar-refractivity contribution in [2.24, 2.45) is 0 Å². The second kappa shape index (κ2) is 8.98. The molecule has 1 saturated heterocycles. The molecule has 3 heterocycles. The Morgan fingerprint density at radius 3 is 2.68 bits per heavy atom. The first kappa shape index (κ1) is 24.7. The van der Waals surface area contributed by atoms with Crippen molar-refractivity contribution < 1.29 is 28.9 Å². The summed E-state index contributed by atoms with van der Waals surface area (Å²) in [6, 6.07) is 15.8. The number of nitrogens with zero attached hydrogens (tertiary/aromatic N) is 3. The van der Waals surface area contributed by atoms with Gasteiger partial charge in [0.15, 0.2) is 11.2 Å². The van der Waals surface area contributed by atoms with E-state index < -0.39 is 51.0 Å². The standard InChI is InChI=1S/C28H22N5O7P/c34-10-18-17(40-41(37)38)9-19(39-18)33-11-29-24-26(33)31-28(32-27(24)36)30-23-15-7-6-13-5-4-12-2-1-3-14-8-16(25(23)35)22(15)21(13)20(12)14/h1-8,11,17-19,23,25,34-35H,9-10H2,(H2-,30,31,32,36,37,38)/p+1/t17-,18+,19+,23-,25+/m0/s1. The molecule has 41 heavy (non-hydrogen) atoms. The van der Waals surface area contributed by atoms with Crippen LogP contribution < -0.4 is 10.9 Å². The maximum absolute atomic E-state index is 13.0. The monoisotopic (exact) mass is 572 g/mol. The van der Waals surface area contributed by atoms with Crippen molar-refractivity contribution in [3.8, 4) is 0 Å². The van der Waals surface area contributed by atoms with Crippen molar-refractivity contribution >= 4 is 57.7 Å². The number of benzene rings is 4. The minimum Gasteiger partial charge on any atom is -0.394 e. The van der Waals surface area contributed by atoms with E-state index in [1.807, 2.05) is 30.3 Å². The lowest BCUT2D eigenvalue weighted by Crippen LogP contribution is -2.25. The highest BCUT2D eigenvalue weighted by Crippen LogP contribution is 2.50. The van der Waals surface area contributed by atoms with Gasteiger partial charge in [-0.05, 0) is 49.5 Å². The highest BCUT2D eigenvalue weighted by Gasteiger charge is 2.42. The van der Waals surface area contributed by atoms with Crippen LogP contribution in [0.4, 0.5) is 5.95 Å². The van der Waals surface area contributed by atoms with Crippen LogP contribution in [0.25, 0.3) is 43.5 Å². The molecular formula is C28H23N5O7P+. The van der Waals surface area contributed by atoms with Gasteiger partial charge in [0.25, 0.3) is 5.56 Å². The summed E-state index contributed by atoms with van der Waals surface area (Å²) in [7, 11) is -2.90. The zero-order valence-electron chi connectivity index (χ0n) is 21.3. The Morgan fingerprint density at radius 2 is 1.88 bits per heavy atom. The molecule has 0 spiro atoms. The molecule has 0 bridgehead atoms. The van der Waals surface area contributed by atoms with E-state index in [-0.39, 0.29) is 23.5 Å². The van der Waals surface area contributed by atoms with Gasteiger partial charge in [-0.1, -0.05) is 42.5 Å². The summed E-state index contributed by atoms with van der Waals surface area (Å²) in [6.45, 7) is -0.419. The number of fused-ring (bicyclic) bond motifs is 1. The first-order chi connectivity index (χ1) is 19.9. The van der Waals surface area contributed by atoms with Crippen LogP contribution in [0.1, 0.15) is 35.9 Å². The van der Waals surface area contributed by atoms with Crippen LogP contribution in [0.15, 0.2) is 59.7 Å². The molecule has 206 valence electrons. The summed E-state index contributed by atoms with van der Waals surface area (Å²) < 4.78 is 23.6. The molecular weight excluding hydrogens is 549 g/mol. The fraction of sp³-hybridized carbons (Fsp3) is 0.250. The number of aliphatic hydroxyl groups is 2. The fourth-order valence-electron chi connectivity index (χ4n) is 6.52. The topological polar surface area (TPSA) is 172 Å². The second-order valence-corrected chi connectivity index (χ2v) is 11.2. The predicted molar refractivity (Wildman–Crippen MR) is 150 cm³/mol. The Morgan fingerprint density at radius 1 is 1.10 bits per heavy atom. The average molecular weight is 572 g/mol. The van der Waals surface area contributed by atoms with E-state index in [4.69, 9.17) is 9.26 Å². The zero-order chi connectivity index (χ0) is 28.0. The highest BCUT2D eigenvalue weighted by molar-refractivity contribution is 7.32. The Kier molecular flexibility index (Phi) is 5.42. The van der Waals surface area contributed by atoms with Crippen molar-refractivity contribution in [2.45, 2.75) is 37.0 Å². The summed E-state index contributed by atoms with van der Waals surface area (Å²) in [5.74, 6) is 0.138. The fourth-order valence-corrected chi connectivity index (χ4v) is 6.98. The lowest BCUT2D eigenvalue weighted by molar-refractivity contribution is -0.0394. The van der Waals surface area contributed by atoms with E-state index in [1.54, 1.807) is 0 Å². The van der Waals surface area contributed by atoms with Crippen LogP contribution >= 0.6 is 8.25 Å². The third-order valence-electron chi connectivity index (χ3n) is 8.28. The largest absolute Gasteiger partial charge is 0.695 e. The number of aromatic amines is 1. The number of imidazole rings is 1. The van der Waals surface area contributed by atoms with E-state index in [1.165, 1.54) is 10.9 Å². The average Bonchev–Trinajstić information content (AvgIpc) is 3.64. The smallest absolute Gasteiger partial charge is 0.394 e. The molecule has 13 heteroatoms. The summed E-state index contributed by atoms with van der Waals surface area (Å²) >= 11 is 0. The molecule has 4 aromatic carbocycles. The first-order valence-electron chi connectivity index (χ1n) is 13.1. The number of aromatic nitrogens is 4. The SMILES string of the molecule is O=c1[nH]c(N[C@H]2c3ccc4ccc5cccc6cc(c3c4c56)[C@H]2O)nc2c1ncn2[C@H]1C[C@H](O[P+](=O)O)[C@@H](CO)O1. The maximum atomic E-state index is 13.0. The van der Waals surface area contributed by atoms with Gasteiger partial charge in [-0.3, -0.25) is 14.3 Å². The van der Waals surface area contributed by atoms with Crippen LogP contribution in [0, 0.1) is 0 Å². The molecule has 8 rings (SSSR count). The number of anilines is 1. The molecule has 1 aliphatic heterocycles. The normalized spacial score (nSPS) is 24.4. The van der Waals surface area contributed by atoms with Crippen molar-refractivity contribution in [3.05, 3.63) is 76.3 Å².